The molecule has 2 rings (SSSR count). The number of aryl methyl sites for hydroxylation is 4. The second kappa shape index (κ2) is 18.1. The van der Waals surface area contributed by atoms with Gasteiger partial charge in [0.2, 0.25) is 11.8 Å². The van der Waals surface area contributed by atoms with Crippen LogP contribution >= 0.6 is 0 Å². The van der Waals surface area contributed by atoms with Crippen molar-refractivity contribution in [3.05, 3.63) is 46.5 Å². The zero-order valence-electron chi connectivity index (χ0n) is 28.2. The molecular weight excluding hydrogens is 718 g/mol. The van der Waals surface area contributed by atoms with Crippen LogP contribution in [0.1, 0.15) is 22.3 Å². The first kappa shape index (κ1) is 42.7. The summed E-state index contributed by atoms with van der Waals surface area (Å²) in [6, 6.07) is 5.41. The molecule has 0 aliphatic rings. The Morgan fingerprint density at radius 1 is 0.529 bits per heavy atom. The summed E-state index contributed by atoms with van der Waals surface area (Å²) in [6.45, 7) is 2.32. The van der Waals surface area contributed by atoms with Crippen LogP contribution in [0.3, 0.4) is 0 Å². The number of benzene rings is 2. The Bertz CT molecular complexity index is 1760. The van der Waals surface area contributed by atoms with Crippen molar-refractivity contribution in [1.29, 1.82) is 0 Å². The second-order valence-corrected chi connectivity index (χ2v) is 14.6. The predicted molar refractivity (Wildman–Crippen MR) is 181 cm³/mol. The smallest absolute Gasteiger partial charge is 0.317 e. The van der Waals surface area contributed by atoms with E-state index in [4.69, 9.17) is 0 Å². The van der Waals surface area contributed by atoms with Crippen LogP contribution in [0.5, 0.6) is 0 Å². The van der Waals surface area contributed by atoms with Crippen molar-refractivity contribution < 1.29 is 65.2 Å². The van der Waals surface area contributed by atoms with Crippen molar-refractivity contribution in [2.24, 2.45) is 0 Å². The second-order valence-electron chi connectivity index (χ2n) is 11.8. The zero-order chi connectivity index (χ0) is 38.8. The summed E-state index contributed by atoms with van der Waals surface area (Å²) in [5.41, 5.74) is 1.18. The normalized spacial score (nSPS) is 11.9. The Labute approximate surface area is 294 Å². The molecule has 0 saturated heterocycles. The van der Waals surface area contributed by atoms with Gasteiger partial charge in [-0.3, -0.25) is 47.8 Å². The van der Waals surface area contributed by atoms with Crippen LogP contribution in [0, 0.1) is 27.7 Å². The molecule has 0 atom stereocenters. The maximum Gasteiger partial charge on any atom is 0.317 e. The molecule has 0 bridgehead atoms. The summed E-state index contributed by atoms with van der Waals surface area (Å²) < 4.78 is 67.0. The van der Waals surface area contributed by atoms with E-state index in [1.54, 1.807) is 26.0 Å². The minimum atomic E-state index is -4.75. The summed E-state index contributed by atoms with van der Waals surface area (Å²) in [5.74, 6) is -5.63. The van der Waals surface area contributed by atoms with Gasteiger partial charge < -0.3 is 26.0 Å². The topological polar surface area (TPSA) is 289 Å². The number of carboxylic acid groups (broad SMARTS) is 3. The van der Waals surface area contributed by atoms with Crippen LogP contribution in [0.15, 0.2) is 34.1 Å². The van der Waals surface area contributed by atoms with E-state index in [0.29, 0.717) is 22.3 Å². The number of amides is 2. The first-order valence-electron chi connectivity index (χ1n) is 15.1. The van der Waals surface area contributed by atoms with E-state index in [-0.39, 0.29) is 37.6 Å². The van der Waals surface area contributed by atoms with Crippen molar-refractivity contribution in [2.45, 2.75) is 37.5 Å². The van der Waals surface area contributed by atoms with E-state index in [2.05, 4.69) is 10.6 Å². The lowest BCUT2D eigenvalue weighted by Gasteiger charge is -2.28. The fraction of sp³-hybridized carbons (Fsp3) is 0.433. The molecule has 0 aliphatic heterocycles. The highest BCUT2D eigenvalue weighted by molar-refractivity contribution is 7.86. The molecule has 0 heterocycles. The summed E-state index contributed by atoms with van der Waals surface area (Å²) in [7, 11) is -9.49. The van der Waals surface area contributed by atoms with Crippen LogP contribution in [0.2, 0.25) is 0 Å². The van der Waals surface area contributed by atoms with Crippen molar-refractivity contribution in [1.82, 2.24) is 14.7 Å². The van der Waals surface area contributed by atoms with E-state index in [1.807, 2.05) is 0 Å². The SMILES string of the molecule is Cc1cc(C)c(NC(=O)CN(CCN(CCN(CC(=O)O)CC(=O)Nc2c(C)cc(C)cc2S(=O)(=O)O)CC(=O)O)CC(=O)O)c(S(=O)(=O)O)c1. The summed E-state index contributed by atoms with van der Waals surface area (Å²) in [4.78, 5) is 63.1. The molecule has 0 aliphatic carbocycles. The van der Waals surface area contributed by atoms with Crippen LogP contribution in [0.25, 0.3) is 0 Å². The average molecular weight is 760 g/mol. The molecule has 0 spiro atoms. The molecule has 7 N–H and O–H groups in total. The summed E-state index contributed by atoms with van der Waals surface area (Å²) >= 11 is 0. The van der Waals surface area contributed by atoms with Gasteiger partial charge in [0.15, 0.2) is 0 Å². The highest BCUT2D eigenvalue weighted by atomic mass is 32.2. The number of carboxylic acids is 3. The van der Waals surface area contributed by atoms with E-state index < -0.39 is 92.5 Å². The van der Waals surface area contributed by atoms with Gasteiger partial charge in [0.05, 0.1) is 44.1 Å². The molecule has 0 radical (unpaired) electrons. The average Bonchev–Trinajstić information content (AvgIpc) is 2.94. The molecule has 0 aromatic heterocycles. The number of hydrogen-bond donors (Lipinski definition) is 7. The molecule has 0 fully saturated rings. The standard InChI is InChI=1S/C30H41N5O14S2/c1-18-9-20(3)29(22(11-18)50(44,45)46)31-24(36)13-34(16-27(40)41)7-5-33(15-26(38)39)6-8-35(17-28(42)43)14-25(37)32-30-21(4)10-19(2)12-23(30)51(47,48)49/h9-12H,5-8,13-17H2,1-4H3,(H,31,36)(H,32,37)(H,38,39)(H,40,41)(H,42,43)(H,44,45,46)(H,47,48,49). The molecule has 2 amide bonds. The first-order chi connectivity index (χ1) is 23.5. The highest BCUT2D eigenvalue weighted by Crippen LogP contribution is 2.28. The molecule has 2 aromatic carbocycles. The van der Waals surface area contributed by atoms with Gasteiger partial charge in [-0.15, -0.1) is 0 Å². The quantitative estimate of drug-likeness (QED) is 0.0884. The van der Waals surface area contributed by atoms with Crippen LogP contribution in [-0.2, 0) is 44.2 Å². The minimum Gasteiger partial charge on any atom is -0.480 e. The number of aliphatic carboxylic acids is 3. The Morgan fingerprint density at radius 2 is 0.824 bits per heavy atom. The van der Waals surface area contributed by atoms with Gasteiger partial charge >= 0.3 is 17.9 Å². The van der Waals surface area contributed by atoms with E-state index in [1.165, 1.54) is 18.7 Å². The first-order valence-corrected chi connectivity index (χ1v) is 17.9. The molecular formula is C30H41N5O14S2. The van der Waals surface area contributed by atoms with Gasteiger partial charge in [0.1, 0.15) is 9.79 Å². The van der Waals surface area contributed by atoms with Crippen molar-refractivity contribution >= 4 is 61.3 Å². The lowest BCUT2D eigenvalue weighted by Crippen LogP contribution is -2.46. The molecule has 0 unspecified atom stereocenters. The number of nitrogens with zero attached hydrogens (tertiary/aromatic N) is 3. The van der Waals surface area contributed by atoms with Gasteiger partial charge in [-0.05, 0) is 62.1 Å². The van der Waals surface area contributed by atoms with Crippen LogP contribution < -0.4 is 10.6 Å². The van der Waals surface area contributed by atoms with Crippen LogP contribution in [-0.4, -0.2) is 145 Å². The van der Waals surface area contributed by atoms with Crippen molar-refractivity contribution in [3.63, 3.8) is 0 Å². The van der Waals surface area contributed by atoms with Gasteiger partial charge in [0.25, 0.3) is 20.2 Å². The third-order valence-electron chi connectivity index (χ3n) is 7.25. The Hall–Kier alpha value is -4.51. The number of carbonyl (C=O) groups is 5. The molecule has 51 heavy (non-hydrogen) atoms. The van der Waals surface area contributed by atoms with E-state index in [0.717, 1.165) is 21.9 Å². The lowest BCUT2D eigenvalue weighted by molar-refractivity contribution is -0.140. The summed E-state index contributed by atoms with van der Waals surface area (Å²) in [6.07, 6.45) is 0. The molecule has 19 nitrogen and oxygen atoms in total. The third kappa shape index (κ3) is 14.3. The predicted octanol–water partition coefficient (Wildman–Crippen LogP) is 0.151. The number of nitrogens with one attached hydrogen (secondary N) is 2. The number of hydrogen-bond acceptors (Lipinski definition) is 12. The maximum absolute atomic E-state index is 12.9. The summed E-state index contributed by atoms with van der Waals surface area (Å²) in [5, 5.41) is 33.1. The number of anilines is 2. The maximum atomic E-state index is 12.9. The van der Waals surface area contributed by atoms with E-state index >= 15 is 0 Å². The number of rotatable bonds is 20. The fourth-order valence-corrected chi connectivity index (χ4v) is 6.80. The molecule has 0 saturated carbocycles. The largest absolute Gasteiger partial charge is 0.480 e. The van der Waals surface area contributed by atoms with Gasteiger partial charge in [-0.1, -0.05) is 12.1 Å². The number of carbonyl (C=O) groups excluding carboxylic acids is 2. The van der Waals surface area contributed by atoms with Crippen molar-refractivity contribution in [2.75, 3.05) is 69.5 Å². The molecule has 282 valence electrons. The van der Waals surface area contributed by atoms with Crippen molar-refractivity contribution in [3.8, 4) is 0 Å². The fourth-order valence-electron chi connectivity index (χ4n) is 5.19. The minimum absolute atomic E-state index is 0.153. The lowest BCUT2D eigenvalue weighted by atomic mass is 10.1. The zero-order valence-corrected chi connectivity index (χ0v) is 29.9. The Balaban J connectivity index is 2.19. The monoisotopic (exact) mass is 759 g/mol. The molecule has 2 aromatic rings. The van der Waals surface area contributed by atoms with Crippen LogP contribution in [0.4, 0.5) is 11.4 Å². The van der Waals surface area contributed by atoms with Gasteiger partial charge in [0, 0.05) is 26.2 Å². The van der Waals surface area contributed by atoms with E-state index in [9.17, 15) is 65.2 Å². The third-order valence-corrected chi connectivity index (χ3v) is 9.00. The highest BCUT2D eigenvalue weighted by Gasteiger charge is 2.24. The Kier molecular flexibility index (Phi) is 15.2. The molecule has 21 heteroatoms. The van der Waals surface area contributed by atoms with Gasteiger partial charge in [-0.25, -0.2) is 0 Å². The van der Waals surface area contributed by atoms with Gasteiger partial charge in [-0.2, -0.15) is 16.8 Å². The Morgan fingerprint density at radius 3 is 1.12 bits per heavy atom.